The van der Waals surface area contributed by atoms with Gasteiger partial charge in [-0.05, 0) is 19.1 Å². The van der Waals surface area contributed by atoms with Gasteiger partial charge in [0.2, 0.25) is 5.95 Å². The summed E-state index contributed by atoms with van der Waals surface area (Å²) in [6.45, 7) is 1.68. The first kappa shape index (κ1) is 11.5. The third-order valence-corrected chi connectivity index (χ3v) is 2.31. The predicted molar refractivity (Wildman–Crippen MR) is 60.5 cm³/mol. The average molecular weight is 255 g/mol. The minimum atomic E-state index is -0.765. The van der Waals surface area contributed by atoms with E-state index >= 15 is 0 Å². The van der Waals surface area contributed by atoms with Crippen molar-refractivity contribution in [3.63, 3.8) is 0 Å². The van der Waals surface area contributed by atoms with Gasteiger partial charge in [0.25, 0.3) is 5.91 Å². The molecule has 0 bridgehead atoms. The van der Waals surface area contributed by atoms with Gasteiger partial charge in [-0.1, -0.05) is 17.7 Å². The van der Waals surface area contributed by atoms with Crippen LogP contribution in [-0.2, 0) is 0 Å². The summed E-state index contributed by atoms with van der Waals surface area (Å²) < 4.78 is 13.5. The molecule has 2 aromatic rings. The second kappa shape index (κ2) is 4.50. The van der Waals surface area contributed by atoms with Crippen LogP contribution in [0.1, 0.15) is 16.2 Å². The van der Waals surface area contributed by atoms with E-state index in [4.69, 9.17) is 11.6 Å². The number of carbonyl (C=O) groups excluding carboxylic acids is 1. The van der Waals surface area contributed by atoms with Crippen LogP contribution in [-0.4, -0.2) is 21.1 Å². The van der Waals surface area contributed by atoms with E-state index in [2.05, 4.69) is 20.5 Å². The number of aromatic nitrogens is 3. The van der Waals surface area contributed by atoms with Gasteiger partial charge in [0, 0.05) is 0 Å². The van der Waals surface area contributed by atoms with Gasteiger partial charge in [0.1, 0.15) is 5.82 Å². The van der Waals surface area contributed by atoms with E-state index in [0.717, 1.165) is 0 Å². The zero-order valence-electron chi connectivity index (χ0n) is 8.79. The number of halogens is 2. The maximum Gasteiger partial charge on any atom is 0.261 e. The molecular formula is C10H8ClFN4O. The number of rotatable bonds is 2. The molecule has 0 fully saturated rings. The Bertz CT molecular complexity index is 569. The fraction of sp³-hybridized carbons (Fsp3) is 0.100. The summed E-state index contributed by atoms with van der Waals surface area (Å²) in [7, 11) is 0. The van der Waals surface area contributed by atoms with Gasteiger partial charge in [-0.2, -0.15) is 4.98 Å². The van der Waals surface area contributed by atoms with Crippen molar-refractivity contribution in [2.75, 3.05) is 5.32 Å². The number of aryl methyl sites for hydroxylation is 1. The molecular weight excluding hydrogens is 247 g/mol. The third kappa shape index (κ3) is 2.42. The lowest BCUT2D eigenvalue weighted by Gasteiger charge is -2.03. The van der Waals surface area contributed by atoms with Gasteiger partial charge < -0.3 is 0 Å². The monoisotopic (exact) mass is 254 g/mol. The van der Waals surface area contributed by atoms with Gasteiger partial charge in [0.15, 0.2) is 5.82 Å². The molecule has 2 rings (SSSR count). The van der Waals surface area contributed by atoms with E-state index in [1.165, 1.54) is 18.2 Å². The summed E-state index contributed by atoms with van der Waals surface area (Å²) in [5.41, 5.74) is -0.153. The molecule has 1 aromatic carbocycles. The molecule has 0 unspecified atom stereocenters. The predicted octanol–water partition coefficient (Wildman–Crippen LogP) is 2.16. The molecule has 0 aliphatic rings. The molecule has 1 heterocycles. The Kier molecular flexibility index (Phi) is 3.06. The highest BCUT2D eigenvalue weighted by molar-refractivity contribution is 6.31. The van der Waals surface area contributed by atoms with Crippen molar-refractivity contribution in [1.29, 1.82) is 0 Å². The van der Waals surface area contributed by atoms with Gasteiger partial charge in [-0.25, -0.2) is 4.39 Å². The molecule has 0 aliphatic heterocycles. The molecule has 5 nitrogen and oxygen atoms in total. The standard InChI is InChI=1S/C10H8ClFN4O/c1-5-13-10(16-15-5)14-9(17)6-3-2-4-7(11)8(6)12/h2-4H,1H3,(H2,13,14,15,16,17). The highest BCUT2D eigenvalue weighted by Crippen LogP contribution is 2.18. The number of nitrogens with one attached hydrogen (secondary N) is 2. The Morgan fingerprint density at radius 3 is 2.94 bits per heavy atom. The minimum Gasteiger partial charge on any atom is -0.289 e. The highest BCUT2D eigenvalue weighted by atomic mass is 35.5. The van der Waals surface area contributed by atoms with Crippen molar-refractivity contribution < 1.29 is 9.18 Å². The number of carbonyl (C=O) groups is 1. The topological polar surface area (TPSA) is 70.7 Å². The normalized spacial score (nSPS) is 10.3. The van der Waals surface area contributed by atoms with Crippen LogP contribution in [0.2, 0.25) is 5.02 Å². The zero-order valence-corrected chi connectivity index (χ0v) is 9.55. The quantitative estimate of drug-likeness (QED) is 0.863. The number of benzene rings is 1. The van der Waals surface area contributed by atoms with Gasteiger partial charge >= 0.3 is 0 Å². The van der Waals surface area contributed by atoms with Gasteiger partial charge in [-0.15, -0.1) is 5.10 Å². The fourth-order valence-electron chi connectivity index (χ4n) is 1.25. The third-order valence-electron chi connectivity index (χ3n) is 2.02. The largest absolute Gasteiger partial charge is 0.289 e. The number of hydrogen-bond donors (Lipinski definition) is 2. The number of amides is 1. The van der Waals surface area contributed by atoms with Crippen molar-refractivity contribution in [3.05, 3.63) is 40.4 Å². The SMILES string of the molecule is Cc1nc(NC(=O)c2cccc(Cl)c2F)n[nH]1. The lowest BCUT2D eigenvalue weighted by atomic mass is 10.2. The Morgan fingerprint density at radius 1 is 1.53 bits per heavy atom. The number of H-pyrrole nitrogens is 1. The first-order chi connectivity index (χ1) is 8.08. The lowest BCUT2D eigenvalue weighted by Crippen LogP contribution is -2.14. The Balaban J connectivity index is 2.23. The zero-order chi connectivity index (χ0) is 12.4. The molecule has 0 saturated heterocycles. The summed E-state index contributed by atoms with van der Waals surface area (Å²) in [6, 6.07) is 4.18. The molecule has 0 atom stereocenters. The molecule has 7 heteroatoms. The van der Waals surface area contributed by atoms with E-state index in [-0.39, 0.29) is 16.5 Å². The highest BCUT2D eigenvalue weighted by Gasteiger charge is 2.15. The van der Waals surface area contributed by atoms with Crippen molar-refractivity contribution in [2.24, 2.45) is 0 Å². The molecule has 1 aromatic heterocycles. The van der Waals surface area contributed by atoms with Crippen LogP contribution in [0.25, 0.3) is 0 Å². The molecule has 88 valence electrons. The molecule has 17 heavy (non-hydrogen) atoms. The maximum absolute atomic E-state index is 13.5. The van der Waals surface area contributed by atoms with E-state index in [0.29, 0.717) is 5.82 Å². The molecule has 0 radical (unpaired) electrons. The molecule has 0 saturated carbocycles. The van der Waals surface area contributed by atoms with Crippen molar-refractivity contribution in [3.8, 4) is 0 Å². The number of anilines is 1. The number of hydrogen-bond acceptors (Lipinski definition) is 3. The Hall–Kier alpha value is -1.95. The van der Waals surface area contributed by atoms with Crippen LogP contribution in [0, 0.1) is 12.7 Å². The van der Waals surface area contributed by atoms with Crippen molar-refractivity contribution in [1.82, 2.24) is 15.2 Å². The number of aromatic amines is 1. The Labute approximate surface area is 101 Å². The van der Waals surface area contributed by atoms with Crippen molar-refractivity contribution >= 4 is 23.5 Å². The van der Waals surface area contributed by atoms with Crippen LogP contribution in [0.15, 0.2) is 18.2 Å². The summed E-state index contributed by atoms with van der Waals surface area (Å²) >= 11 is 5.57. The smallest absolute Gasteiger partial charge is 0.261 e. The Morgan fingerprint density at radius 2 is 2.29 bits per heavy atom. The second-order valence-electron chi connectivity index (χ2n) is 3.30. The van der Waals surface area contributed by atoms with Crippen LogP contribution in [0.5, 0.6) is 0 Å². The van der Waals surface area contributed by atoms with E-state index in [1.54, 1.807) is 6.92 Å². The van der Waals surface area contributed by atoms with E-state index in [1.807, 2.05) is 0 Å². The minimum absolute atomic E-state index is 0.0897. The lowest BCUT2D eigenvalue weighted by molar-refractivity contribution is 0.102. The maximum atomic E-state index is 13.5. The van der Waals surface area contributed by atoms with Crippen LogP contribution in [0.4, 0.5) is 10.3 Å². The first-order valence-electron chi connectivity index (χ1n) is 4.72. The summed E-state index contributed by atoms with van der Waals surface area (Å²) in [5.74, 6) is -0.776. The second-order valence-corrected chi connectivity index (χ2v) is 3.71. The summed E-state index contributed by atoms with van der Waals surface area (Å²) in [4.78, 5) is 15.6. The molecule has 0 spiro atoms. The van der Waals surface area contributed by atoms with Crippen molar-refractivity contribution in [2.45, 2.75) is 6.92 Å². The summed E-state index contributed by atoms with van der Waals surface area (Å²) in [6.07, 6.45) is 0. The molecule has 0 aliphatic carbocycles. The van der Waals surface area contributed by atoms with Crippen LogP contribution < -0.4 is 5.32 Å². The first-order valence-corrected chi connectivity index (χ1v) is 5.10. The summed E-state index contributed by atoms with van der Waals surface area (Å²) in [5, 5.41) is 8.51. The molecule has 1 amide bonds. The van der Waals surface area contributed by atoms with E-state index < -0.39 is 11.7 Å². The molecule has 2 N–H and O–H groups in total. The van der Waals surface area contributed by atoms with Crippen LogP contribution >= 0.6 is 11.6 Å². The average Bonchev–Trinajstić information content (AvgIpc) is 2.68. The van der Waals surface area contributed by atoms with Gasteiger partial charge in [-0.3, -0.25) is 15.2 Å². The van der Waals surface area contributed by atoms with Gasteiger partial charge in [0.05, 0.1) is 10.6 Å². The fourth-order valence-corrected chi connectivity index (χ4v) is 1.42. The van der Waals surface area contributed by atoms with E-state index in [9.17, 15) is 9.18 Å². The van der Waals surface area contributed by atoms with Crippen LogP contribution in [0.3, 0.4) is 0 Å². The number of nitrogens with zero attached hydrogens (tertiary/aromatic N) is 2.